The number of benzene rings is 1. The maximum absolute atomic E-state index is 12.7. The van der Waals surface area contributed by atoms with E-state index in [0.717, 1.165) is 31.3 Å². The van der Waals surface area contributed by atoms with Crippen molar-refractivity contribution in [3.63, 3.8) is 0 Å². The molecule has 1 aliphatic rings. The molecule has 0 atom stereocenters. The van der Waals surface area contributed by atoms with Crippen LogP contribution in [0.15, 0.2) is 54.3 Å². The van der Waals surface area contributed by atoms with E-state index in [1.165, 1.54) is 18.2 Å². The highest BCUT2D eigenvalue weighted by atomic mass is 19.4. The minimum Gasteiger partial charge on any atom is -0.406 e. The van der Waals surface area contributed by atoms with Gasteiger partial charge < -0.3 is 10.1 Å². The highest BCUT2D eigenvalue weighted by Crippen LogP contribution is 2.30. The van der Waals surface area contributed by atoms with Gasteiger partial charge in [-0.2, -0.15) is 5.26 Å². The van der Waals surface area contributed by atoms with Gasteiger partial charge in [0, 0.05) is 12.6 Å². The lowest BCUT2D eigenvalue weighted by Crippen LogP contribution is -2.17. The summed E-state index contributed by atoms with van der Waals surface area (Å²) in [6, 6.07) is 6.25. The zero-order valence-electron chi connectivity index (χ0n) is 15.1. The second kappa shape index (κ2) is 9.13. The predicted octanol–water partition coefficient (Wildman–Crippen LogP) is 5.74. The Kier molecular flexibility index (Phi) is 6.89. The van der Waals surface area contributed by atoms with Crippen molar-refractivity contribution in [2.45, 2.75) is 32.0 Å². The Balaban J connectivity index is 2.50. The third-order valence-electron chi connectivity index (χ3n) is 4.12. The highest BCUT2D eigenvalue weighted by Gasteiger charge is 2.31. The van der Waals surface area contributed by atoms with Crippen LogP contribution in [0.3, 0.4) is 0 Å². The predicted molar refractivity (Wildman–Crippen MR) is 100 cm³/mol. The molecule has 142 valence electrons. The van der Waals surface area contributed by atoms with E-state index in [1.54, 1.807) is 19.2 Å². The van der Waals surface area contributed by atoms with Gasteiger partial charge in [-0.3, -0.25) is 0 Å². The molecule has 0 heterocycles. The van der Waals surface area contributed by atoms with Crippen LogP contribution < -0.4 is 10.1 Å². The Labute approximate surface area is 157 Å². The van der Waals surface area contributed by atoms with Crippen molar-refractivity contribution in [3.05, 3.63) is 65.4 Å². The largest absolute Gasteiger partial charge is 0.573 e. The van der Waals surface area contributed by atoms with E-state index in [2.05, 4.69) is 22.7 Å². The summed E-state index contributed by atoms with van der Waals surface area (Å²) >= 11 is 0. The zero-order valence-corrected chi connectivity index (χ0v) is 15.1. The van der Waals surface area contributed by atoms with Gasteiger partial charge in [0.25, 0.3) is 0 Å². The van der Waals surface area contributed by atoms with Crippen LogP contribution in [0.25, 0.3) is 11.6 Å². The summed E-state index contributed by atoms with van der Waals surface area (Å²) in [5.41, 5.74) is 2.73. The van der Waals surface area contributed by atoms with E-state index >= 15 is 0 Å². The summed E-state index contributed by atoms with van der Waals surface area (Å²) in [6.07, 6.45) is 6.68. The van der Waals surface area contributed by atoms with Crippen molar-refractivity contribution >= 4 is 11.6 Å². The molecule has 27 heavy (non-hydrogen) atoms. The summed E-state index contributed by atoms with van der Waals surface area (Å²) < 4.78 is 42.2. The Morgan fingerprint density at radius 1 is 1.26 bits per heavy atom. The fraction of sp³-hybridized carbons (Fsp3) is 0.286. The van der Waals surface area contributed by atoms with Gasteiger partial charge in [-0.1, -0.05) is 36.5 Å². The lowest BCUT2D eigenvalue weighted by molar-refractivity contribution is -0.274. The minimum absolute atomic E-state index is 0.207. The number of rotatable bonds is 6. The quantitative estimate of drug-likeness (QED) is 0.510. The van der Waals surface area contributed by atoms with Crippen LogP contribution >= 0.6 is 0 Å². The fourth-order valence-corrected chi connectivity index (χ4v) is 2.90. The summed E-state index contributed by atoms with van der Waals surface area (Å²) in [5.74, 6) is -0.343. The lowest BCUT2D eigenvalue weighted by Gasteiger charge is -2.13. The third-order valence-corrected chi connectivity index (χ3v) is 4.12. The molecule has 0 radical (unpaired) electrons. The second-order valence-corrected chi connectivity index (χ2v) is 6.05. The van der Waals surface area contributed by atoms with Crippen molar-refractivity contribution in [1.29, 1.82) is 5.26 Å². The second-order valence-electron chi connectivity index (χ2n) is 6.05. The molecule has 0 aromatic heterocycles. The van der Waals surface area contributed by atoms with Crippen molar-refractivity contribution in [2.75, 3.05) is 7.05 Å². The number of halogens is 3. The lowest BCUT2D eigenvalue weighted by atomic mass is 9.97. The number of hydrogen-bond acceptors (Lipinski definition) is 3. The first kappa shape index (κ1) is 20.4. The number of alkyl halides is 3. The number of hydrogen-bond donors (Lipinski definition) is 1. The molecule has 1 aromatic rings. The Hall–Kier alpha value is -2.94. The maximum atomic E-state index is 12.7. The van der Waals surface area contributed by atoms with Crippen LogP contribution in [0, 0.1) is 11.3 Å². The zero-order chi connectivity index (χ0) is 19.9. The van der Waals surface area contributed by atoms with Gasteiger partial charge in [-0.05, 0) is 55.0 Å². The number of allylic oxidation sites excluding steroid dienone is 6. The monoisotopic (exact) mass is 374 g/mol. The average Bonchev–Trinajstić information content (AvgIpc) is 2.63. The molecule has 0 bridgehead atoms. The Bertz CT molecular complexity index is 827. The van der Waals surface area contributed by atoms with Gasteiger partial charge in [0.1, 0.15) is 17.5 Å². The van der Waals surface area contributed by atoms with E-state index in [-0.39, 0.29) is 11.4 Å². The van der Waals surface area contributed by atoms with Crippen LogP contribution in [-0.2, 0) is 0 Å². The number of nitrogens with zero attached hydrogens (tertiary/aromatic N) is 1. The summed E-state index contributed by atoms with van der Waals surface area (Å²) in [7, 11) is 1.56. The van der Waals surface area contributed by atoms with E-state index in [0.29, 0.717) is 16.7 Å². The third kappa shape index (κ3) is 6.07. The molecule has 1 aromatic carbocycles. The van der Waals surface area contributed by atoms with Gasteiger partial charge in [-0.15, -0.1) is 13.2 Å². The summed E-state index contributed by atoms with van der Waals surface area (Å²) in [4.78, 5) is 0. The van der Waals surface area contributed by atoms with Gasteiger partial charge in [-0.25, -0.2) is 0 Å². The molecule has 0 fully saturated rings. The molecule has 3 nitrogen and oxygen atoms in total. The van der Waals surface area contributed by atoms with Gasteiger partial charge in [0.2, 0.25) is 0 Å². The normalized spacial score (nSPS) is 15.6. The first-order chi connectivity index (χ1) is 12.9. The smallest absolute Gasteiger partial charge is 0.406 e. The molecule has 2 rings (SSSR count). The molecule has 0 amide bonds. The average molecular weight is 374 g/mol. The molecule has 0 unspecified atom stereocenters. The molecule has 0 aliphatic heterocycles. The molecule has 6 heteroatoms. The highest BCUT2D eigenvalue weighted by molar-refractivity contribution is 5.80. The summed E-state index contributed by atoms with van der Waals surface area (Å²) in [5, 5.41) is 12.0. The molecule has 1 aliphatic carbocycles. The molecule has 0 spiro atoms. The van der Waals surface area contributed by atoms with E-state index in [4.69, 9.17) is 0 Å². The standard InChI is InChI=1S/C21H21F3N2O/c1-3-19(20(14-25)26-2)17-11-16(10-9-15-7-5-4-6-8-15)12-18(13-17)27-21(22,23)24/h3,7,9-13,26H,1,4-6,8H2,2H3/b10-9+,20-19+. The maximum Gasteiger partial charge on any atom is 0.573 e. The van der Waals surface area contributed by atoms with Crippen LogP contribution in [0.2, 0.25) is 0 Å². The van der Waals surface area contributed by atoms with Crippen LogP contribution in [0.5, 0.6) is 5.75 Å². The first-order valence-electron chi connectivity index (χ1n) is 8.59. The van der Waals surface area contributed by atoms with Crippen molar-refractivity contribution in [3.8, 4) is 11.8 Å². The SMILES string of the molecule is C=C/C(=C(/C#N)NC)c1cc(/C=C/C2=CCCCC2)cc(OC(F)(F)F)c1. The molecule has 0 saturated heterocycles. The van der Waals surface area contributed by atoms with Crippen LogP contribution in [-0.4, -0.2) is 13.4 Å². The first-order valence-corrected chi connectivity index (χ1v) is 8.59. The number of ether oxygens (including phenoxy) is 1. The topological polar surface area (TPSA) is 45.0 Å². The fourth-order valence-electron chi connectivity index (χ4n) is 2.90. The van der Waals surface area contributed by atoms with Crippen molar-refractivity contribution < 1.29 is 17.9 Å². The Morgan fingerprint density at radius 2 is 2.04 bits per heavy atom. The molecular weight excluding hydrogens is 353 g/mol. The van der Waals surface area contributed by atoms with Gasteiger partial charge in [0.15, 0.2) is 0 Å². The molecule has 0 saturated carbocycles. The number of nitriles is 1. The van der Waals surface area contributed by atoms with Crippen molar-refractivity contribution in [2.24, 2.45) is 0 Å². The molecular formula is C21H21F3N2O. The molecule has 1 N–H and O–H groups in total. The van der Waals surface area contributed by atoms with Crippen LogP contribution in [0.1, 0.15) is 36.8 Å². The number of nitrogens with one attached hydrogen (secondary N) is 1. The minimum atomic E-state index is -4.80. The van der Waals surface area contributed by atoms with Crippen LogP contribution in [0.4, 0.5) is 13.2 Å². The van der Waals surface area contributed by atoms with E-state index < -0.39 is 6.36 Å². The van der Waals surface area contributed by atoms with Gasteiger partial charge >= 0.3 is 6.36 Å². The summed E-state index contributed by atoms with van der Waals surface area (Å²) in [6.45, 7) is 3.67. The van der Waals surface area contributed by atoms with E-state index in [1.807, 2.05) is 12.1 Å². The Morgan fingerprint density at radius 3 is 2.59 bits per heavy atom. The van der Waals surface area contributed by atoms with Gasteiger partial charge in [0.05, 0.1) is 0 Å². The van der Waals surface area contributed by atoms with E-state index in [9.17, 15) is 18.4 Å². The van der Waals surface area contributed by atoms with Crippen molar-refractivity contribution in [1.82, 2.24) is 5.32 Å².